The number of carboxylic acid groups (broad SMARTS) is 1. The monoisotopic (exact) mass is 217 g/mol. The molecule has 0 saturated carbocycles. The van der Waals surface area contributed by atoms with Crippen molar-refractivity contribution < 1.29 is 15.0 Å². The van der Waals surface area contributed by atoms with Crippen molar-refractivity contribution in [3.8, 4) is 24.2 Å². The zero-order valence-electron chi connectivity index (χ0n) is 8.85. The van der Waals surface area contributed by atoms with E-state index in [0.717, 1.165) is 0 Å². The van der Waals surface area contributed by atoms with E-state index < -0.39 is 12.1 Å². The van der Waals surface area contributed by atoms with Crippen molar-refractivity contribution in [3.63, 3.8) is 0 Å². The molecule has 0 unspecified atom stereocenters. The molecule has 0 fully saturated rings. The second-order valence-corrected chi connectivity index (χ2v) is 2.91. The third kappa shape index (κ3) is 10.1. The predicted octanol–water partition coefficient (Wildman–Crippen LogP) is 0.0165. The van der Waals surface area contributed by atoms with Gasteiger partial charge in [0.25, 0.3) is 0 Å². The molecule has 0 aliphatic carbocycles. The second kappa shape index (κ2) is 9.58. The number of carbonyl (C=O) groups excluding carboxylic acids is 1. The Labute approximate surface area is 95.5 Å². The number of aliphatic hydroxyl groups is 1. The summed E-state index contributed by atoms with van der Waals surface area (Å²) in [4.78, 5) is 10.0. The molecular formula is C13H13O3-. The van der Waals surface area contributed by atoms with Crippen LogP contribution in [0.25, 0.3) is 0 Å². The fraction of sp³-hybridized carbons (Fsp3) is 0.308. The van der Waals surface area contributed by atoms with Gasteiger partial charge in [-0.2, -0.15) is 0 Å². The Balaban J connectivity index is 3.76. The van der Waals surface area contributed by atoms with Crippen molar-refractivity contribution in [3.05, 3.63) is 24.3 Å². The van der Waals surface area contributed by atoms with Crippen LogP contribution in [0.15, 0.2) is 24.3 Å². The van der Waals surface area contributed by atoms with Gasteiger partial charge in [-0.1, -0.05) is 30.1 Å². The number of rotatable bonds is 5. The molecule has 0 aliphatic heterocycles. The highest BCUT2D eigenvalue weighted by Gasteiger charge is 1.91. The van der Waals surface area contributed by atoms with E-state index in [1.807, 2.05) is 0 Å². The Morgan fingerprint density at radius 3 is 2.88 bits per heavy atom. The average molecular weight is 217 g/mol. The lowest BCUT2D eigenvalue weighted by atomic mass is 10.2. The van der Waals surface area contributed by atoms with E-state index in [2.05, 4.69) is 17.8 Å². The number of terminal acetylenes is 1. The molecule has 0 radical (unpaired) electrons. The van der Waals surface area contributed by atoms with Gasteiger partial charge in [-0.3, -0.25) is 0 Å². The lowest BCUT2D eigenvalue weighted by Gasteiger charge is -1.95. The quantitative estimate of drug-likeness (QED) is 0.521. The highest BCUT2D eigenvalue weighted by atomic mass is 16.4. The third-order valence-electron chi connectivity index (χ3n) is 1.51. The first-order valence-corrected chi connectivity index (χ1v) is 4.80. The van der Waals surface area contributed by atoms with Gasteiger partial charge in [0.2, 0.25) is 0 Å². The van der Waals surface area contributed by atoms with Gasteiger partial charge in [-0.15, -0.1) is 12.3 Å². The fourth-order valence-electron chi connectivity index (χ4n) is 0.781. The largest absolute Gasteiger partial charge is 0.550 e. The van der Waals surface area contributed by atoms with Crippen LogP contribution in [0.1, 0.15) is 19.3 Å². The summed E-state index contributed by atoms with van der Waals surface area (Å²) in [6.07, 6.45) is 11.3. The maximum absolute atomic E-state index is 10.0. The van der Waals surface area contributed by atoms with Gasteiger partial charge < -0.3 is 15.0 Å². The van der Waals surface area contributed by atoms with Crippen LogP contribution < -0.4 is 5.11 Å². The van der Waals surface area contributed by atoms with Crippen LogP contribution in [0.3, 0.4) is 0 Å². The van der Waals surface area contributed by atoms with Crippen LogP contribution in [-0.2, 0) is 4.79 Å². The Morgan fingerprint density at radius 2 is 2.25 bits per heavy atom. The molecule has 0 bridgehead atoms. The minimum atomic E-state index is -1.10. The minimum absolute atomic E-state index is 0.0580. The molecule has 0 rings (SSSR count). The summed E-state index contributed by atoms with van der Waals surface area (Å²) in [5.74, 6) is 6.53. The number of allylic oxidation sites excluding steroid dienone is 3. The summed E-state index contributed by atoms with van der Waals surface area (Å²) in [5.41, 5.74) is 0. The Hall–Kier alpha value is -1.97. The van der Waals surface area contributed by atoms with Crippen molar-refractivity contribution in [1.29, 1.82) is 0 Å². The van der Waals surface area contributed by atoms with E-state index in [1.54, 1.807) is 24.3 Å². The van der Waals surface area contributed by atoms with Crippen LogP contribution >= 0.6 is 0 Å². The Kier molecular flexibility index (Phi) is 8.40. The molecule has 16 heavy (non-hydrogen) atoms. The van der Waals surface area contributed by atoms with Crippen LogP contribution in [0.2, 0.25) is 0 Å². The molecule has 0 aliphatic rings. The maximum Gasteiger partial charge on any atom is 0.0833 e. The Morgan fingerprint density at radius 1 is 1.50 bits per heavy atom. The molecule has 0 amide bonds. The van der Waals surface area contributed by atoms with Crippen LogP contribution in [-0.4, -0.2) is 17.2 Å². The molecule has 0 heterocycles. The first-order chi connectivity index (χ1) is 7.66. The van der Waals surface area contributed by atoms with E-state index in [0.29, 0.717) is 0 Å². The first kappa shape index (κ1) is 14.0. The zero-order chi connectivity index (χ0) is 12.2. The van der Waals surface area contributed by atoms with Crippen molar-refractivity contribution in [2.75, 3.05) is 0 Å². The first-order valence-electron chi connectivity index (χ1n) is 4.80. The van der Waals surface area contributed by atoms with Gasteiger partial charge in [0.05, 0.1) is 6.10 Å². The van der Waals surface area contributed by atoms with E-state index in [4.69, 9.17) is 6.42 Å². The molecule has 0 aromatic rings. The van der Waals surface area contributed by atoms with E-state index in [9.17, 15) is 15.0 Å². The standard InChI is InChI=1S/C13H14O3/c1-2-9-12(14)10-7-5-3-4-6-8-11-13(15)16/h1,3,5,7,10,12,14H,8-9,11H2,(H,15,16)/p-1/b5-3+,10-7+/t12-/m1/s1. The number of aliphatic carboxylic acids is 1. The Bertz CT molecular complexity index is 361. The maximum atomic E-state index is 10.0. The lowest BCUT2D eigenvalue weighted by molar-refractivity contribution is -0.305. The molecular weight excluding hydrogens is 204 g/mol. The fourth-order valence-corrected chi connectivity index (χ4v) is 0.781. The van der Waals surface area contributed by atoms with Crippen molar-refractivity contribution in [1.82, 2.24) is 0 Å². The molecule has 84 valence electrons. The smallest absolute Gasteiger partial charge is 0.0833 e. The summed E-state index contributed by atoms with van der Waals surface area (Å²) >= 11 is 0. The summed E-state index contributed by atoms with van der Waals surface area (Å²) in [6, 6.07) is 0. The summed E-state index contributed by atoms with van der Waals surface area (Å²) in [7, 11) is 0. The molecule has 0 spiro atoms. The van der Waals surface area contributed by atoms with Gasteiger partial charge >= 0.3 is 0 Å². The van der Waals surface area contributed by atoms with E-state index in [-0.39, 0.29) is 19.3 Å². The average Bonchev–Trinajstić information content (AvgIpc) is 2.22. The highest BCUT2D eigenvalue weighted by Crippen LogP contribution is 1.91. The molecule has 1 atom stereocenters. The second-order valence-electron chi connectivity index (χ2n) is 2.91. The van der Waals surface area contributed by atoms with Crippen molar-refractivity contribution in [2.45, 2.75) is 25.4 Å². The van der Waals surface area contributed by atoms with Crippen LogP contribution in [0.5, 0.6) is 0 Å². The SMILES string of the molecule is C#CC[C@@H](O)/C=C/C=C/C#CCCC(=O)[O-]. The summed E-state index contributed by atoms with van der Waals surface area (Å²) in [5, 5.41) is 19.2. The topological polar surface area (TPSA) is 60.4 Å². The summed E-state index contributed by atoms with van der Waals surface area (Å²) < 4.78 is 0. The molecule has 0 aromatic carbocycles. The minimum Gasteiger partial charge on any atom is -0.550 e. The molecule has 1 N–H and O–H groups in total. The summed E-state index contributed by atoms with van der Waals surface area (Å²) in [6.45, 7) is 0. The third-order valence-corrected chi connectivity index (χ3v) is 1.51. The van der Waals surface area contributed by atoms with Crippen molar-refractivity contribution >= 4 is 5.97 Å². The van der Waals surface area contributed by atoms with Gasteiger partial charge in [0.1, 0.15) is 0 Å². The lowest BCUT2D eigenvalue weighted by Crippen LogP contribution is -2.21. The number of hydrogen-bond acceptors (Lipinski definition) is 3. The molecule has 3 nitrogen and oxygen atoms in total. The van der Waals surface area contributed by atoms with Crippen LogP contribution in [0.4, 0.5) is 0 Å². The van der Waals surface area contributed by atoms with Gasteiger partial charge in [-0.05, 0) is 12.5 Å². The number of hydrogen-bond donors (Lipinski definition) is 1. The number of carbonyl (C=O) groups is 1. The van der Waals surface area contributed by atoms with Gasteiger partial charge in [-0.25, -0.2) is 0 Å². The normalized spacial score (nSPS) is 12.0. The predicted molar refractivity (Wildman–Crippen MR) is 59.8 cm³/mol. The molecule has 0 saturated heterocycles. The van der Waals surface area contributed by atoms with Crippen LogP contribution in [0, 0.1) is 24.2 Å². The number of carboxylic acids is 1. The van der Waals surface area contributed by atoms with E-state index in [1.165, 1.54) is 0 Å². The van der Waals surface area contributed by atoms with E-state index >= 15 is 0 Å². The van der Waals surface area contributed by atoms with Crippen molar-refractivity contribution in [2.24, 2.45) is 0 Å². The van der Waals surface area contributed by atoms with Gasteiger partial charge in [0.15, 0.2) is 0 Å². The zero-order valence-corrected chi connectivity index (χ0v) is 8.85. The molecule has 0 aromatic heterocycles. The number of aliphatic hydroxyl groups excluding tert-OH is 1. The molecule has 3 heteroatoms. The van der Waals surface area contributed by atoms with Gasteiger partial charge in [0, 0.05) is 18.8 Å². The highest BCUT2D eigenvalue weighted by molar-refractivity contribution is 5.64.